The van der Waals surface area contributed by atoms with Crippen molar-refractivity contribution in [3.05, 3.63) is 66.6 Å². The van der Waals surface area contributed by atoms with Crippen LogP contribution in [-0.4, -0.2) is 26.3 Å². The maximum atomic E-state index is 13.7. The number of nitriles is 1. The van der Waals surface area contributed by atoms with E-state index in [1.165, 1.54) is 4.52 Å². The first kappa shape index (κ1) is 23.3. The number of halogens is 2. The van der Waals surface area contributed by atoms with Crippen molar-refractivity contribution in [2.75, 3.05) is 3.71 Å². The number of benzene rings is 1. The highest BCUT2D eigenvalue weighted by Gasteiger charge is 2.46. The first-order valence-corrected chi connectivity index (χ1v) is 13.2. The van der Waals surface area contributed by atoms with Crippen LogP contribution in [0.15, 0.2) is 60.9 Å². The Morgan fingerprint density at radius 2 is 1.75 bits per heavy atom. The number of anilines is 1. The van der Waals surface area contributed by atoms with Gasteiger partial charge in [0.2, 0.25) is 0 Å². The fourth-order valence-corrected chi connectivity index (χ4v) is 6.39. The Morgan fingerprint density at radius 1 is 1.00 bits per heavy atom. The van der Waals surface area contributed by atoms with E-state index in [4.69, 9.17) is 4.98 Å². The molecule has 6 nitrogen and oxygen atoms in total. The number of fused-ring (bicyclic) bond motifs is 3. The predicted molar refractivity (Wildman–Crippen MR) is 142 cm³/mol. The third-order valence-corrected chi connectivity index (χ3v) is 8.56. The van der Waals surface area contributed by atoms with Crippen molar-refractivity contribution in [1.82, 2.24) is 19.6 Å². The molecule has 2 aliphatic heterocycles. The molecule has 0 amide bonds. The fourth-order valence-electron chi connectivity index (χ4n) is 5.90. The predicted octanol–water partition coefficient (Wildman–Crippen LogP) is 7.30. The molecular formula is C25H21BF2N6S2. The van der Waals surface area contributed by atoms with Crippen LogP contribution in [0.5, 0.6) is 0 Å². The summed E-state index contributed by atoms with van der Waals surface area (Å²) in [5.74, 6) is 3.60. The summed E-state index contributed by atoms with van der Waals surface area (Å²) in [6.45, 7) is 0.100. The highest BCUT2D eigenvalue weighted by Crippen LogP contribution is 2.54. The van der Waals surface area contributed by atoms with Gasteiger partial charge in [-0.05, 0) is 30.5 Å². The molecule has 0 saturated carbocycles. The van der Waals surface area contributed by atoms with Gasteiger partial charge < -0.3 is 0 Å². The zero-order chi connectivity index (χ0) is 24.6. The minimum absolute atomic E-state index is 0.100. The average molecular weight is 518 g/mol. The van der Waals surface area contributed by atoms with Gasteiger partial charge in [-0.3, -0.25) is 4.98 Å². The first-order chi connectivity index (χ1) is 17.7. The molecule has 5 heterocycles. The van der Waals surface area contributed by atoms with Crippen molar-refractivity contribution >= 4 is 42.8 Å². The van der Waals surface area contributed by atoms with Gasteiger partial charge >= 0.3 is 0 Å². The Bertz CT molecular complexity index is 1410. The summed E-state index contributed by atoms with van der Waals surface area (Å²) in [4.78, 5) is 9.60. The van der Waals surface area contributed by atoms with E-state index < -0.39 is 0 Å². The lowest BCUT2D eigenvalue weighted by molar-refractivity contribution is 0.540. The van der Waals surface area contributed by atoms with E-state index in [9.17, 15) is 13.0 Å². The lowest BCUT2D eigenvalue weighted by atomic mass is 9.34. The number of rotatable bonds is 6. The molecule has 0 spiro atoms. The Labute approximate surface area is 217 Å². The second kappa shape index (κ2) is 9.75. The summed E-state index contributed by atoms with van der Waals surface area (Å²) < 4.78 is 29.7. The highest BCUT2D eigenvalue weighted by atomic mass is 32.3. The molecule has 2 aliphatic rings. The van der Waals surface area contributed by atoms with Gasteiger partial charge in [0, 0.05) is 46.5 Å². The SMILES string of the molecule is N#CB1C2CCC1CC(c1cc(N(SF)SF)n3ncc(-c4ccc(-c5ccccc5)nc4)c3n1)C2. The van der Waals surface area contributed by atoms with Crippen molar-refractivity contribution in [3.8, 4) is 28.4 Å². The second-order valence-corrected chi connectivity index (χ2v) is 10.7. The van der Waals surface area contributed by atoms with Crippen LogP contribution in [-0.2, 0) is 0 Å². The molecule has 180 valence electrons. The van der Waals surface area contributed by atoms with Gasteiger partial charge in [0.1, 0.15) is 0 Å². The maximum absolute atomic E-state index is 13.7. The van der Waals surface area contributed by atoms with Gasteiger partial charge in [-0.2, -0.15) is 13.3 Å². The van der Waals surface area contributed by atoms with Gasteiger partial charge in [0.25, 0.3) is 6.71 Å². The number of pyridine rings is 1. The van der Waals surface area contributed by atoms with Gasteiger partial charge in [0.15, 0.2) is 36.1 Å². The van der Waals surface area contributed by atoms with Crippen LogP contribution in [0.25, 0.3) is 28.0 Å². The van der Waals surface area contributed by atoms with Crippen LogP contribution in [0.2, 0.25) is 11.6 Å². The molecule has 11 heteroatoms. The van der Waals surface area contributed by atoms with E-state index in [-0.39, 0.29) is 43.1 Å². The molecule has 0 N–H and O–H groups in total. The summed E-state index contributed by atoms with van der Waals surface area (Å²) in [6, 6.07) is 15.5. The topological polar surface area (TPSA) is 70.1 Å². The number of aromatic nitrogens is 4. The monoisotopic (exact) mass is 518 g/mol. The summed E-state index contributed by atoms with van der Waals surface area (Å²) >= 11 is -0.415. The summed E-state index contributed by atoms with van der Waals surface area (Å²) in [5, 5.41) is 14.0. The van der Waals surface area contributed by atoms with E-state index in [2.05, 4.69) is 16.1 Å². The van der Waals surface area contributed by atoms with Crippen molar-refractivity contribution in [2.45, 2.75) is 43.2 Å². The van der Waals surface area contributed by atoms with E-state index in [0.717, 1.165) is 57.5 Å². The zero-order valence-electron chi connectivity index (χ0n) is 19.2. The molecular weight excluding hydrogens is 497 g/mol. The number of hydrogen-bond acceptors (Lipinski definition) is 7. The van der Waals surface area contributed by atoms with Crippen molar-refractivity contribution in [2.24, 2.45) is 0 Å². The van der Waals surface area contributed by atoms with Crippen LogP contribution >= 0.6 is 24.7 Å². The van der Waals surface area contributed by atoms with Crippen molar-refractivity contribution < 1.29 is 7.77 Å². The van der Waals surface area contributed by atoms with Crippen LogP contribution in [0.3, 0.4) is 0 Å². The highest BCUT2D eigenvalue weighted by molar-refractivity contribution is 8.13. The summed E-state index contributed by atoms with van der Waals surface area (Å²) in [5.41, 5.74) is 4.75. The van der Waals surface area contributed by atoms with Crippen LogP contribution in [0.4, 0.5) is 13.6 Å². The first-order valence-electron chi connectivity index (χ1n) is 11.9. The van der Waals surface area contributed by atoms with Crippen LogP contribution < -0.4 is 3.71 Å². The molecule has 36 heavy (non-hydrogen) atoms. The molecule has 2 bridgehead atoms. The molecule has 0 radical (unpaired) electrons. The van der Waals surface area contributed by atoms with E-state index >= 15 is 0 Å². The molecule has 2 unspecified atom stereocenters. The van der Waals surface area contributed by atoms with Crippen LogP contribution in [0.1, 0.15) is 37.3 Å². The molecule has 0 aliphatic carbocycles. The van der Waals surface area contributed by atoms with Crippen molar-refractivity contribution in [1.29, 1.82) is 5.26 Å². The molecule has 6 rings (SSSR count). The van der Waals surface area contributed by atoms with Gasteiger partial charge in [-0.15, -0.1) is 7.77 Å². The van der Waals surface area contributed by atoms with E-state index in [1.54, 1.807) is 18.5 Å². The molecule has 2 saturated heterocycles. The Hall–Kier alpha value is -3.10. The van der Waals surface area contributed by atoms with Crippen LogP contribution in [0, 0.1) is 11.2 Å². The Balaban J connectivity index is 1.42. The molecule has 2 fully saturated rings. The number of hydrogen-bond donors (Lipinski definition) is 0. The third kappa shape index (κ3) is 4.02. The maximum Gasteiger partial charge on any atom is 0.274 e. The molecule has 1 aromatic carbocycles. The van der Waals surface area contributed by atoms with E-state index in [1.807, 2.05) is 42.5 Å². The molecule has 4 aromatic rings. The molecule has 2 atom stereocenters. The third-order valence-electron chi connectivity index (χ3n) is 7.60. The minimum atomic E-state index is -0.207. The zero-order valence-corrected chi connectivity index (χ0v) is 20.8. The summed E-state index contributed by atoms with van der Waals surface area (Å²) in [7, 11) is 0. The standard InChI is InChI=1S/C25H21BF2N6S2/c27-35-34(36-28)24-12-23(18-10-19-7-8-20(11-18)26(19)15-29)32-25-21(14-31-33(24)25)17-6-9-22(30-13-17)16-4-2-1-3-5-16/h1-6,9,12-14,18-20H,7-8,10-11H2. The Morgan fingerprint density at radius 3 is 2.39 bits per heavy atom. The summed E-state index contributed by atoms with van der Waals surface area (Å²) in [6.07, 6.45) is 7.27. The lowest BCUT2D eigenvalue weighted by Crippen LogP contribution is -2.27. The second-order valence-electron chi connectivity index (χ2n) is 9.45. The van der Waals surface area contributed by atoms with Gasteiger partial charge in [-0.1, -0.05) is 49.2 Å². The quantitative estimate of drug-likeness (QED) is 0.196. The van der Waals surface area contributed by atoms with Crippen molar-refractivity contribution in [3.63, 3.8) is 0 Å². The fraction of sp³-hybridized carbons (Fsp3) is 0.280. The van der Waals surface area contributed by atoms with E-state index in [0.29, 0.717) is 17.3 Å². The largest absolute Gasteiger partial charge is 0.274 e. The normalized spacial score (nSPS) is 21.0. The van der Waals surface area contributed by atoms with Gasteiger partial charge in [0.05, 0.1) is 11.9 Å². The minimum Gasteiger partial charge on any atom is -0.256 e. The number of nitrogens with zero attached hydrogens (tertiary/aromatic N) is 6. The smallest absolute Gasteiger partial charge is 0.256 e. The lowest BCUT2D eigenvalue weighted by Gasteiger charge is -2.29. The van der Waals surface area contributed by atoms with Gasteiger partial charge in [-0.25, -0.2) is 10.2 Å². The molecule has 3 aromatic heterocycles. The Kier molecular flexibility index (Phi) is 6.31. The average Bonchev–Trinajstić information content (AvgIpc) is 3.47.